The summed E-state index contributed by atoms with van der Waals surface area (Å²) in [4.78, 5) is 28.6. The molecule has 0 atom stereocenters. The van der Waals surface area contributed by atoms with Gasteiger partial charge in [0.15, 0.2) is 5.82 Å². The zero-order chi connectivity index (χ0) is 24.1. The number of aryl methyl sites for hydroxylation is 1. The normalized spacial score (nSPS) is 14.1. The Morgan fingerprint density at radius 2 is 1.79 bits per heavy atom. The highest BCUT2D eigenvalue weighted by molar-refractivity contribution is 7.98. The summed E-state index contributed by atoms with van der Waals surface area (Å²) in [6.45, 7) is 5.16. The summed E-state index contributed by atoms with van der Waals surface area (Å²) in [5.41, 5.74) is 3.29. The molecule has 1 aliphatic heterocycles. The van der Waals surface area contributed by atoms with E-state index < -0.39 is 0 Å². The van der Waals surface area contributed by atoms with E-state index in [1.807, 2.05) is 79.4 Å². The molecule has 0 unspecified atom stereocenters. The molecule has 0 saturated carbocycles. The first-order chi connectivity index (χ1) is 16.5. The Labute approximate surface area is 204 Å². The Hall–Kier alpha value is -3.26. The van der Waals surface area contributed by atoms with Crippen LogP contribution in [0, 0.1) is 12.8 Å². The van der Waals surface area contributed by atoms with Gasteiger partial charge >= 0.3 is 0 Å². The van der Waals surface area contributed by atoms with Crippen molar-refractivity contribution >= 4 is 40.8 Å². The van der Waals surface area contributed by atoms with Crippen LogP contribution in [0.4, 0.5) is 17.2 Å². The van der Waals surface area contributed by atoms with Crippen LogP contribution >= 0.6 is 11.8 Å². The zero-order valence-corrected chi connectivity index (χ0v) is 20.7. The van der Waals surface area contributed by atoms with Gasteiger partial charge in [-0.1, -0.05) is 31.2 Å². The third-order valence-corrected chi connectivity index (χ3v) is 6.85. The first-order valence-electron chi connectivity index (χ1n) is 11.6. The maximum absolute atomic E-state index is 12.9. The van der Waals surface area contributed by atoms with Crippen LogP contribution in [-0.4, -0.2) is 40.9 Å². The smallest absolute Gasteiger partial charge is 0.227 e. The number of thioether (sulfide) groups is 1. The van der Waals surface area contributed by atoms with E-state index >= 15 is 0 Å². The van der Waals surface area contributed by atoms with E-state index in [1.54, 1.807) is 11.8 Å². The fraction of sp³-hybridized carbons (Fsp3) is 0.346. The van der Waals surface area contributed by atoms with Gasteiger partial charge < -0.3 is 15.5 Å². The van der Waals surface area contributed by atoms with Crippen molar-refractivity contribution in [3.8, 4) is 5.69 Å². The van der Waals surface area contributed by atoms with Crippen LogP contribution in [0.1, 0.15) is 31.9 Å². The van der Waals surface area contributed by atoms with Crippen molar-refractivity contribution in [1.29, 1.82) is 0 Å². The van der Waals surface area contributed by atoms with Crippen LogP contribution in [0.5, 0.6) is 0 Å². The number of hydrogen-bond acceptors (Lipinski definition) is 5. The van der Waals surface area contributed by atoms with Crippen molar-refractivity contribution in [1.82, 2.24) is 9.78 Å². The lowest BCUT2D eigenvalue weighted by molar-refractivity contribution is -0.120. The summed E-state index contributed by atoms with van der Waals surface area (Å²) in [7, 11) is 0. The molecule has 2 heterocycles. The second-order valence-electron chi connectivity index (χ2n) is 8.42. The molecular formula is C26H31N5O2S. The van der Waals surface area contributed by atoms with Crippen LogP contribution < -0.4 is 15.5 Å². The van der Waals surface area contributed by atoms with Gasteiger partial charge in [0.1, 0.15) is 5.69 Å². The standard InChI is InChI=1S/C26H31N5O2S/c1-4-23(32)28-24-18(2)29-31(21-10-6-5-7-11-21)26(24)30-15-13-19(14-16-30)25(33)27-20-9-8-12-22(17-20)34-3/h5-12,17,19H,4,13-16H2,1-3H3,(H,27,33)(H,28,32). The number of carbonyl (C=O) groups is 2. The molecule has 3 aromatic rings. The number of rotatable bonds is 7. The first-order valence-corrected chi connectivity index (χ1v) is 12.9. The number of amides is 2. The number of hydrogen-bond donors (Lipinski definition) is 2. The number of benzene rings is 2. The van der Waals surface area contributed by atoms with Gasteiger partial charge in [0.2, 0.25) is 11.8 Å². The summed E-state index contributed by atoms with van der Waals surface area (Å²) in [5.74, 6) is 0.831. The van der Waals surface area contributed by atoms with Gasteiger partial charge in [-0.25, -0.2) is 4.68 Å². The SMILES string of the molecule is CCC(=O)Nc1c(C)nn(-c2ccccc2)c1N1CCC(C(=O)Nc2cccc(SC)c2)CC1. The topological polar surface area (TPSA) is 79.3 Å². The lowest BCUT2D eigenvalue weighted by Gasteiger charge is -2.33. The van der Waals surface area contributed by atoms with Gasteiger partial charge in [-0.2, -0.15) is 5.10 Å². The fourth-order valence-corrected chi connectivity index (χ4v) is 4.69. The number of nitrogens with zero attached hydrogens (tertiary/aromatic N) is 3. The van der Waals surface area contributed by atoms with E-state index in [4.69, 9.17) is 5.10 Å². The van der Waals surface area contributed by atoms with Gasteiger partial charge in [0.05, 0.1) is 11.4 Å². The van der Waals surface area contributed by atoms with Crippen molar-refractivity contribution < 1.29 is 9.59 Å². The molecular weight excluding hydrogens is 446 g/mol. The average Bonchev–Trinajstić information content (AvgIpc) is 3.20. The summed E-state index contributed by atoms with van der Waals surface area (Å²) in [6, 6.07) is 17.9. The molecule has 4 rings (SSSR count). The monoisotopic (exact) mass is 477 g/mol. The fourth-order valence-electron chi connectivity index (χ4n) is 4.23. The van der Waals surface area contributed by atoms with Crippen molar-refractivity contribution in [2.24, 2.45) is 5.92 Å². The van der Waals surface area contributed by atoms with Gasteiger partial charge in [-0.3, -0.25) is 9.59 Å². The molecule has 2 amide bonds. The number of nitrogens with one attached hydrogen (secondary N) is 2. The van der Waals surface area contributed by atoms with Gasteiger partial charge in [-0.05, 0) is 56.4 Å². The summed E-state index contributed by atoms with van der Waals surface area (Å²) < 4.78 is 1.90. The highest BCUT2D eigenvalue weighted by Gasteiger charge is 2.30. The number of piperidine rings is 1. The second-order valence-corrected chi connectivity index (χ2v) is 9.30. The molecule has 0 spiro atoms. The van der Waals surface area contributed by atoms with E-state index in [0.717, 1.165) is 46.3 Å². The summed E-state index contributed by atoms with van der Waals surface area (Å²) in [5, 5.41) is 10.9. The van der Waals surface area contributed by atoms with Crippen LogP contribution in [0.3, 0.4) is 0 Å². The van der Waals surface area contributed by atoms with E-state index in [9.17, 15) is 9.59 Å². The Bertz CT molecular complexity index is 1150. The Kier molecular flexibility index (Phi) is 7.57. The van der Waals surface area contributed by atoms with Crippen LogP contribution in [-0.2, 0) is 9.59 Å². The highest BCUT2D eigenvalue weighted by Crippen LogP contribution is 2.35. The molecule has 1 aliphatic rings. The molecule has 178 valence electrons. The molecule has 2 aromatic carbocycles. The maximum atomic E-state index is 12.9. The zero-order valence-electron chi connectivity index (χ0n) is 19.9. The quantitative estimate of drug-likeness (QED) is 0.463. The number of para-hydroxylation sites is 1. The number of aromatic nitrogens is 2. The minimum absolute atomic E-state index is 0.0429. The molecule has 1 fully saturated rings. The summed E-state index contributed by atoms with van der Waals surface area (Å²) in [6.07, 6.45) is 3.88. The number of carbonyl (C=O) groups excluding carboxylic acids is 2. The van der Waals surface area contributed by atoms with Crippen LogP contribution in [0.15, 0.2) is 59.5 Å². The number of anilines is 3. The predicted octanol–water partition coefficient (Wildman–Crippen LogP) is 5.11. The Balaban J connectivity index is 1.53. The highest BCUT2D eigenvalue weighted by atomic mass is 32.2. The molecule has 8 heteroatoms. The van der Waals surface area contributed by atoms with Crippen molar-refractivity contribution in [2.75, 3.05) is 34.9 Å². The van der Waals surface area contributed by atoms with Crippen molar-refractivity contribution in [3.05, 3.63) is 60.3 Å². The molecule has 1 aromatic heterocycles. The van der Waals surface area contributed by atoms with Gasteiger partial charge in [0, 0.05) is 36.0 Å². The second kappa shape index (κ2) is 10.8. The molecule has 0 radical (unpaired) electrons. The van der Waals surface area contributed by atoms with Crippen LogP contribution in [0.25, 0.3) is 5.69 Å². The minimum Gasteiger partial charge on any atom is -0.355 e. The van der Waals surface area contributed by atoms with Gasteiger partial charge in [0.25, 0.3) is 0 Å². The van der Waals surface area contributed by atoms with Crippen molar-refractivity contribution in [2.45, 2.75) is 38.0 Å². The minimum atomic E-state index is -0.0583. The van der Waals surface area contributed by atoms with Gasteiger partial charge in [-0.15, -0.1) is 11.8 Å². The molecule has 7 nitrogen and oxygen atoms in total. The molecule has 1 saturated heterocycles. The van der Waals surface area contributed by atoms with Crippen LogP contribution in [0.2, 0.25) is 0 Å². The molecule has 2 N–H and O–H groups in total. The largest absolute Gasteiger partial charge is 0.355 e. The molecule has 0 bridgehead atoms. The predicted molar refractivity (Wildman–Crippen MR) is 139 cm³/mol. The Morgan fingerprint density at radius 1 is 1.06 bits per heavy atom. The van der Waals surface area contributed by atoms with E-state index in [0.29, 0.717) is 19.5 Å². The lowest BCUT2D eigenvalue weighted by atomic mass is 9.95. The van der Waals surface area contributed by atoms with Crippen molar-refractivity contribution in [3.63, 3.8) is 0 Å². The molecule has 0 aliphatic carbocycles. The Morgan fingerprint density at radius 3 is 2.47 bits per heavy atom. The lowest BCUT2D eigenvalue weighted by Crippen LogP contribution is -2.39. The third-order valence-electron chi connectivity index (χ3n) is 6.12. The summed E-state index contributed by atoms with van der Waals surface area (Å²) >= 11 is 1.66. The maximum Gasteiger partial charge on any atom is 0.227 e. The third kappa shape index (κ3) is 5.28. The van der Waals surface area contributed by atoms with E-state index in [2.05, 4.69) is 15.5 Å². The van der Waals surface area contributed by atoms with E-state index in [1.165, 1.54) is 0 Å². The van der Waals surface area contributed by atoms with E-state index in [-0.39, 0.29) is 17.7 Å². The first kappa shape index (κ1) is 23.9. The molecule has 34 heavy (non-hydrogen) atoms. The average molecular weight is 478 g/mol.